The monoisotopic (exact) mass is 269 g/mol. The Balaban J connectivity index is 2.36. The van der Waals surface area contributed by atoms with E-state index in [1.54, 1.807) is 19.2 Å². The van der Waals surface area contributed by atoms with Crippen LogP contribution in [0.1, 0.15) is 30.1 Å². The lowest BCUT2D eigenvalue weighted by molar-refractivity contribution is 0.0952. The molecule has 1 atom stereocenters. The number of alkyl halides is 1. The first-order valence-corrected chi connectivity index (χ1v) is 6.69. The number of carbonyl (C=O) groups is 1. The lowest BCUT2D eigenvalue weighted by atomic mass is 10.1. The fourth-order valence-electron chi connectivity index (χ4n) is 1.60. The van der Waals surface area contributed by atoms with E-state index in [9.17, 15) is 4.79 Å². The summed E-state index contributed by atoms with van der Waals surface area (Å²) < 4.78 is 5.08. The summed E-state index contributed by atoms with van der Waals surface area (Å²) >= 11 is 5.72. The topological polar surface area (TPSA) is 38.3 Å². The maximum atomic E-state index is 11.8. The van der Waals surface area contributed by atoms with Crippen molar-refractivity contribution in [2.75, 3.05) is 19.5 Å². The zero-order chi connectivity index (χ0) is 13.4. The number of hydrogen-bond donors (Lipinski definition) is 1. The van der Waals surface area contributed by atoms with E-state index in [4.69, 9.17) is 16.3 Å². The quantitative estimate of drug-likeness (QED) is 0.610. The van der Waals surface area contributed by atoms with Crippen LogP contribution in [-0.2, 0) is 0 Å². The molecule has 0 heterocycles. The molecule has 1 N–H and O–H groups in total. The van der Waals surface area contributed by atoms with Gasteiger partial charge in [0.1, 0.15) is 5.75 Å². The molecule has 1 aromatic rings. The smallest absolute Gasteiger partial charge is 0.251 e. The lowest BCUT2D eigenvalue weighted by Gasteiger charge is -2.08. The summed E-state index contributed by atoms with van der Waals surface area (Å²) in [5.41, 5.74) is 0.625. The van der Waals surface area contributed by atoms with Crippen LogP contribution >= 0.6 is 11.6 Å². The van der Waals surface area contributed by atoms with Gasteiger partial charge in [0, 0.05) is 18.0 Å². The molecule has 18 heavy (non-hydrogen) atoms. The lowest BCUT2D eigenvalue weighted by Crippen LogP contribution is -2.24. The van der Waals surface area contributed by atoms with Crippen molar-refractivity contribution in [1.82, 2.24) is 5.32 Å². The first-order chi connectivity index (χ1) is 8.67. The number of benzene rings is 1. The average Bonchev–Trinajstić information content (AvgIpc) is 2.43. The van der Waals surface area contributed by atoms with E-state index in [0.717, 1.165) is 12.8 Å². The van der Waals surface area contributed by atoms with E-state index in [1.165, 1.54) is 0 Å². The van der Waals surface area contributed by atoms with Crippen molar-refractivity contribution >= 4 is 17.5 Å². The van der Waals surface area contributed by atoms with Gasteiger partial charge in [-0.15, -0.1) is 11.6 Å². The van der Waals surface area contributed by atoms with Gasteiger partial charge in [-0.3, -0.25) is 4.79 Å². The first-order valence-electron chi connectivity index (χ1n) is 6.15. The molecule has 0 radical (unpaired) electrons. The number of rotatable bonds is 7. The Bertz CT molecular complexity index is 382. The molecular weight excluding hydrogens is 250 g/mol. The van der Waals surface area contributed by atoms with E-state index in [1.807, 2.05) is 12.1 Å². The summed E-state index contributed by atoms with van der Waals surface area (Å²) in [6.45, 7) is 2.79. The molecule has 1 amide bonds. The van der Waals surface area contributed by atoms with Gasteiger partial charge in [0.25, 0.3) is 5.91 Å². The van der Waals surface area contributed by atoms with Crippen molar-refractivity contribution in [2.24, 2.45) is 5.92 Å². The second-order valence-corrected chi connectivity index (χ2v) is 4.70. The summed E-state index contributed by atoms with van der Waals surface area (Å²) in [6, 6.07) is 7.14. The average molecular weight is 270 g/mol. The molecule has 1 unspecified atom stereocenters. The fraction of sp³-hybridized carbons (Fsp3) is 0.500. The molecule has 0 bridgehead atoms. The molecule has 0 spiro atoms. The van der Waals surface area contributed by atoms with Crippen LogP contribution in [0.25, 0.3) is 0 Å². The van der Waals surface area contributed by atoms with Crippen LogP contribution < -0.4 is 10.1 Å². The summed E-state index contributed by atoms with van der Waals surface area (Å²) in [4.78, 5) is 11.8. The summed E-state index contributed by atoms with van der Waals surface area (Å²) in [6.07, 6.45) is 1.98. The predicted octanol–water partition coefficient (Wildman–Crippen LogP) is 3.08. The fourth-order valence-corrected chi connectivity index (χ4v) is 1.75. The maximum absolute atomic E-state index is 11.8. The van der Waals surface area contributed by atoms with Crippen LogP contribution in [0.5, 0.6) is 5.75 Å². The molecule has 1 rings (SSSR count). The SMILES string of the molecule is COc1cccc(C(=O)NCCCC(C)CCl)c1. The molecule has 0 aromatic heterocycles. The third-order valence-electron chi connectivity index (χ3n) is 2.75. The van der Waals surface area contributed by atoms with Gasteiger partial charge in [-0.2, -0.15) is 0 Å². The molecule has 0 saturated heterocycles. The van der Waals surface area contributed by atoms with Crippen molar-refractivity contribution in [1.29, 1.82) is 0 Å². The molecule has 0 fully saturated rings. The Labute approximate surface area is 113 Å². The van der Waals surface area contributed by atoms with E-state index < -0.39 is 0 Å². The molecule has 3 nitrogen and oxygen atoms in total. The van der Waals surface area contributed by atoms with E-state index in [-0.39, 0.29) is 5.91 Å². The Hall–Kier alpha value is -1.22. The highest BCUT2D eigenvalue weighted by atomic mass is 35.5. The first kappa shape index (κ1) is 14.8. The molecular formula is C14H20ClNO2. The van der Waals surface area contributed by atoms with Gasteiger partial charge in [-0.05, 0) is 37.0 Å². The van der Waals surface area contributed by atoms with Gasteiger partial charge in [0.05, 0.1) is 7.11 Å². The second kappa shape index (κ2) is 7.98. The number of hydrogen-bond acceptors (Lipinski definition) is 2. The zero-order valence-electron chi connectivity index (χ0n) is 10.9. The molecule has 0 aliphatic heterocycles. The minimum Gasteiger partial charge on any atom is -0.497 e. The Morgan fingerprint density at radius 1 is 1.50 bits per heavy atom. The summed E-state index contributed by atoms with van der Waals surface area (Å²) in [7, 11) is 1.59. The Kier molecular flexibility index (Phi) is 6.58. The number of halogens is 1. The van der Waals surface area contributed by atoms with Crippen molar-refractivity contribution in [2.45, 2.75) is 19.8 Å². The van der Waals surface area contributed by atoms with Crippen LogP contribution in [0.4, 0.5) is 0 Å². The Morgan fingerprint density at radius 2 is 2.28 bits per heavy atom. The van der Waals surface area contributed by atoms with Gasteiger partial charge < -0.3 is 10.1 Å². The predicted molar refractivity (Wildman–Crippen MR) is 74.4 cm³/mol. The van der Waals surface area contributed by atoms with Gasteiger partial charge in [0.15, 0.2) is 0 Å². The van der Waals surface area contributed by atoms with Crippen LogP contribution in [0.2, 0.25) is 0 Å². The van der Waals surface area contributed by atoms with Crippen LogP contribution in [0.3, 0.4) is 0 Å². The number of amides is 1. The van der Waals surface area contributed by atoms with E-state index >= 15 is 0 Å². The van der Waals surface area contributed by atoms with E-state index in [0.29, 0.717) is 29.7 Å². The second-order valence-electron chi connectivity index (χ2n) is 4.39. The number of ether oxygens (including phenoxy) is 1. The van der Waals surface area contributed by atoms with Gasteiger partial charge >= 0.3 is 0 Å². The molecule has 4 heteroatoms. The minimum absolute atomic E-state index is 0.0626. The van der Waals surface area contributed by atoms with Crippen LogP contribution in [0.15, 0.2) is 24.3 Å². The molecule has 100 valence electrons. The third-order valence-corrected chi connectivity index (χ3v) is 3.28. The molecule has 0 saturated carbocycles. The van der Waals surface area contributed by atoms with E-state index in [2.05, 4.69) is 12.2 Å². The van der Waals surface area contributed by atoms with Crippen molar-refractivity contribution in [3.8, 4) is 5.75 Å². The van der Waals surface area contributed by atoms with Crippen molar-refractivity contribution < 1.29 is 9.53 Å². The standard InChI is InChI=1S/C14H20ClNO2/c1-11(10-15)5-4-8-16-14(17)12-6-3-7-13(9-12)18-2/h3,6-7,9,11H,4-5,8,10H2,1-2H3,(H,16,17). The van der Waals surface area contributed by atoms with Gasteiger partial charge in [0.2, 0.25) is 0 Å². The highest BCUT2D eigenvalue weighted by Crippen LogP contribution is 2.12. The molecule has 1 aromatic carbocycles. The van der Waals surface area contributed by atoms with Crippen molar-refractivity contribution in [3.63, 3.8) is 0 Å². The maximum Gasteiger partial charge on any atom is 0.251 e. The number of carbonyl (C=O) groups excluding carboxylic acids is 1. The Morgan fingerprint density at radius 3 is 2.94 bits per heavy atom. The van der Waals surface area contributed by atoms with Gasteiger partial charge in [-0.1, -0.05) is 13.0 Å². The highest BCUT2D eigenvalue weighted by Gasteiger charge is 2.06. The number of nitrogens with one attached hydrogen (secondary N) is 1. The summed E-state index contributed by atoms with van der Waals surface area (Å²) in [5.74, 6) is 1.80. The van der Waals surface area contributed by atoms with Crippen LogP contribution in [0, 0.1) is 5.92 Å². The minimum atomic E-state index is -0.0626. The third kappa shape index (κ3) is 4.96. The normalized spacial score (nSPS) is 11.9. The molecule has 0 aliphatic carbocycles. The highest BCUT2D eigenvalue weighted by molar-refractivity contribution is 6.18. The summed E-state index contributed by atoms with van der Waals surface area (Å²) in [5, 5.41) is 2.89. The van der Waals surface area contributed by atoms with Crippen LogP contribution in [-0.4, -0.2) is 25.4 Å². The zero-order valence-corrected chi connectivity index (χ0v) is 11.7. The largest absolute Gasteiger partial charge is 0.497 e. The molecule has 0 aliphatic rings. The van der Waals surface area contributed by atoms with Gasteiger partial charge in [-0.25, -0.2) is 0 Å². The van der Waals surface area contributed by atoms with Crippen molar-refractivity contribution in [3.05, 3.63) is 29.8 Å². The number of methoxy groups -OCH3 is 1.